The standard InChI is InChI=1S/C19H30BFO4S/c21-18-14-16(20(24)25)10-11-17(18)19(23)15-26-13-9-7-5-3-1-2-4-6-8-12-22/h10-11,14,22,24-25H,1-9,12-13,15H2. The van der Waals surface area contributed by atoms with Crippen LogP contribution in [0.25, 0.3) is 0 Å². The Labute approximate surface area is 160 Å². The first kappa shape index (κ1) is 23.2. The lowest BCUT2D eigenvalue weighted by Gasteiger charge is -2.06. The van der Waals surface area contributed by atoms with Crippen molar-refractivity contribution >= 4 is 30.1 Å². The zero-order chi connectivity index (χ0) is 19.2. The minimum atomic E-state index is -1.73. The Morgan fingerprint density at radius 2 is 1.54 bits per heavy atom. The fourth-order valence-corrected chi connectivity index (χ4v) is 3.61. The van der Waals surface area contributed by atoms with E-state index in [1.807, 2.05) is 0 Å². The van der Waals surface area contributed by atoms with Gasteiger partial charge in [0.25, 0.3) is 0 Å². The molecule has 0 saturated heterocycles. The van der Waals surface area contributed by atoms with Gasteiger partial charge in [-0.2, -0.15) is 11.8 Å². The Kier molecular flexibility index (Phi) is 12.7. The minimum absolute atomic E-state index is 0.00287. The number of carbonyl (C=O) groups excluding carboxylic acids is 1. The highest BCUT2D eigenvalue weighted by Gasteiger charge is 2.16. The van der Waals surface area contributed by atoms with Crippen LogP contribution in [0.5, 0.6) is 0 Å². The van der Waals surface area contributed by atoms with E-state index in [1.165, 1.54) is 56.0 Å². The molecule has 1 rings (SSSR count). The molecule has 1 aromatic rings. The molecule has 0 bridgehead atoms. The third-order valence-corrected chi connectivity index (χ3v) is 5.32. The summed E-state index contributed by atoms with van der Waals surface area (Å²) in [5.74, 6) is 0.148. The van der Waals surface area contributed by atoms with Crippen LogP contribution >= 0.6 is 11.8 Å². The number of hydrogen-bond donors (Lipinski definition) is 3. The fourth-order valence-electron chi connectivity index (χ4n) is 2.71. The quantitative estimate of drug-likeness (QED) is 0.246. The number of ketones is 1. The van der Waals surface area contributed by atoms with Crippen molar-refractivity contribution in [3.8, 4) is 0 Å². The highest BCUT2D eigenvalue weighted by molar-refractivity contribution is 7.99. The minimum Gasteiger partial charge on any atom is -0.423 e. The SMILES string of the molecule is O=C(CSCCCCCCCCCCCO)c1ccc(B(O)O)cc1F. The molecule has 146 valence electrons. The first-order valence-corrected chi connectivity index (χ1v) is 10.6. The molecule has 1 aromatic carbocycles. The van der Waals surface area contributed by atoms with E-state index >= 15 is 0 Å². The molecule has 7 heteroatoms. The summed E-state index contributed by atoms with van der Waals surface area (Å²) < 4.78 is 13.8. The summed E-state index contributed by atoms with van der Waals surface area (Å²) in [5, 5.41) is 26.7. The van der Waals surface area contributed by atoms with E-state index in [4.69, 9.17) is 15.2 Å². The molecule has 0 atom stereocenters. The summed E-state index contributed by atoms with van der Waals surface area (Å²) in [7, 11) is -1.73. The molecule has 0 radical (unpaired) electrons. The molecule has 0 spiro atoms. The number of aliphatic hydroxyl groups is 1. The van der Waals surface area contributed by atoms with Gasteiger partial charge in [-0.1, -0.05) is 51.0 Å². The van der Waals surface area contributed by atoms with Crippen LogP contribution in [0.2, 0.25) is 0 Å². The monoisotopic (exact) mass is 384 g/mol. The number of rotatable bonds is 15. The van der Waals surface area contributed by atoms with Crippen LogP contribution in [0.1, 0.15) is 68.1 Å². The lowest BCUT2D eigenvalue weighted by atomic mass is 9.80. The zero-order valence-electron chi connectivity index (χ0n) is 15.3. The number of hydrogen-bond acceptors (Lipinski definition) is 5. The molecule has 4 nitrogen and oxygen atoms in total. The average Bonchev–Trinajstić information content (AvgIpc) is 2.62. The van der Waals surface area contributed by atoms with Crippen molar-refractivity contribution in [2.24, 2.45) is 0 Å². The molecule has 0 aliphatic carbocycles. The molecule has 0 heterocycles. The van der Waals surface area contributed by atoms with Gasteiger partial charge >= 0.3 is 7.12 Å². The first-order chi connectivity index (χ1) is 12.6. The van der Waals surface area contributed by atoms with Crippen molar-refractivity contribution in [2.75, 3.05) is 18.1 Å². The van der Waals surface area contributed by atoms with Crippen LogP contribution in [-0.4, -0.2) is 46.2 Å². The summed E-state index contributed by atoms with van der Waals surface area (Å²) in [6.07, 6.45) is 10.3. The molecule has 0 aliphatic rings. The first-order valence-electron chi connectivity index (χ1n) is 9.43. The summed E-state index contributed by atoms with van der Waals surface area (Å²) in [4.78, 5) is 12.0. The fraction of sp³-hybridized carbons (Fsp3) is 0.632. The van der Waals surface area contributed by atoms with E-state index in [-0.39, 0.29) is 22.6 Å². The van der Waals surface area contributed by atoms with Gasteiger partial charge in [0.15, 0.2) is 5.78 Å². The molecule has 0 unspecified atom stereocenters. The molecule has 3 N–H and O–H groups in total. The van der Waals surface area contributed by atoms with Crippen molar-refractivity contribution < 1.29 is 24.3 Å². The number of halogens is 1. The van der Waals surface area contributed by atoms with E-state index in [0.717, 1.165) is 37.5 Å². The molecule has 0 aromatic heterocycles. The van der Waals surface area contributed by atoms with Gasteiger partial charge in [0.05, 0.1) is 11.3 Å². The Morgan fingerprint density at radius 3 is 2.08 bits per heavy atom. The third kappa shape index (κ3) is 9.71. The molecular formula is C19H30BFO4S. The Bertz CT molecular complexity index is 528. The summed E-state index contributed by atoms with van der Waals surface area (Å²) >= 11 is 1.51. The van der Waals surface area contributed by atoms with Gasteiger partial charge in [-0.15, -0.1) is 0 Å². The Balaban J connectivity index is 2.07. The summed E-state index contributed by atoms with van der Waals surface area (Å²) in [5.41, 5.74) is 0.0446. The van der Waals surface area contributed by atoms with Gasteiger partial charge in [-0.05, 0) is 36.2 Å². The van der Waals surface area contributed by atoms with E-state index < -0.39 is 12.9 Å². The van der Waals surface area contributed by atoms with E-state index in [1.54, 1.807) is 0 Å². The number of aliphatic hydroxyl groups excluding tert-OH is 1. The number of carbonyl (C=O) groups is 1. The molecular weight excluding hydrogens is 354 g/mol. The van der Waals surface area contributed by atoms with Gasteiger partial charge < -0.3 is 15.2 Å². The van der Waals surface area contributed by atoms with Crippen LogP contribution in [0.15, 0.2) is 18.2 Å². The highest BCUT2D eigenvalue weighted by Crippen LogP contribution is 2.14. The van der Waals surface area contributed by atoms with Crippen LogP contribution in [0, 0.1) is 5.82 Å². The highest BCUT2D eigenvalue weighted by atomic mass is 32.2. The van der Waals surface area contributed by atoms with Gasteiger partial charge in [0.2, 0.25) is 0 Å². The maximum Gasteiger partial charge on any atom is 0.488 e. The van der Waals surface area contributed by atoms with Gasteiger partial charge in [0.1, 0.15) is 5.82 Å². The van der Waals surface area contributed by atoms with Crippen LogP contribution < -0.4 is 5.46 Å². The lowest BCUT2D eigenvalue weighted by Crippen LogP contribution is -2.30. The largest absolute Gasteiger partial charge is 0.488 e. The van der Waals surface area contributed by atoms with Crippen molar-refractivity contribution in [3.05, 3.63) is 29.6 Å². The van der Waals surface area contributed by atoms with Gasteiger partial charge in [0, 0.05) is 6.61 Å². The van der Waals surface area contributed by atoms with E-state index in [2.05, 4.69) is 0 Å². The number of thioether (sulfide) groups is 1. The normalized spacial score (nSPS) is 10.9. The summed E-state index contributed by atoms with van der Waals surface area (Å²) in [6, 6.07) is 3.66. The average molecular weight is 384 g/mol. The van der Waals surface area contributed by atoms with E-state index in [9.17, 15) is 9.18 Å². The Morgan fingerprint density at radius 1 is 0.962 bits per heavy atom. The maximum atomic E-state index is 13.8. The van der Waals surface area contributed by atoms with Crippen molar-refractivity contribution in [3.63, 3.8) is 0 Å². The predicted octanol–water partition coefficient (Wildman–Crippen LogP) is 2.92. The van der Waals surface area contributed by atoms with Crippen molar-refractivity contribution in [1.29, 1.82) is 0 Å². The Hall–Kier alpha value is -0.885. The van der Waals surface area contributed by atoms with Crippen LogP contribution in [-0.2, 0) is 0 Å². The van der Waals surface area contributed by atoms with E-state index in [0.29, 0.717) is 6.61 Å². The van der Waals surface area contributed by atoms with Crippen molar-refractivity contribution in [1.82, 2.24) is 0 Å². The number of benzene rings is 1. The maximum absolute atomic E-state index is 13.8. The lowest BCUT2D eigenvalue weighted by molar-refractivity contribution is 0.101. The second kappa shape index (κ2) is 14.2. The molecule has 0 fully saturated rings. The van der Waals surface area contributed by atoms with Gasteiger partial charge in [-0.25, -0.2) is 4.39 Å². The second-order valence-corrected chi connectivity index (χ2v) is 7.60. The molecule has 26 heavy (non-hydrogen) atoms. The zero-order valence-corrected chi connectivity index (χ0v) is 16.1. The van der Waals surface area contributed by atoms with Crippen LogP contribution in [0.3, 0.4) is 0 Å². The predicted molar refractivity (Wildman–Crippen MR) is 107 cm³/mol. The number of unbranched alkanes of at least 4 members (excludes halogenated alkanes) is 8. The van der Waals surface area contributed by atoms with Crippen LogP contribution in [0.4, 0.5) is 4.39 Å². The number of Topliss-reactive ketones (excluding diaryl/α,β-unsaturated/α-hetero) is 1. The smallest absolute Gasteiger partial charge is 0.423 e. The summed E-state index contributed by atoms with van der Waals surface area (Å²) in [6.45, 7) is 0.296. The topological polar surface area (TPSA) is 77.8 Å². The van der Waals surface area contributed by atoms with Gasteiger partial charge in [-0.3, -0.25) is 4.79 Å². The third-order valence-electron chi connectivity index (χ3n) is 4.27. The van der Waals surface area contributed by atoms with Crippen molar-refractivity contribution in [2.45, 2.75) is 57.8 Å². The molecule has 0 aliphatic heterocycles. The second-order valence-electron chi connectivity index (χ2n) is 6.49. The molecule has 0 saturated carbocycles. The molecule has 0 amide bonds.